The van der Waals surface area contributed by atoms with Crippen LogP contribution >= 0.6 is 23.2 Å². The van der Waals surface area contributed by atoms with Gasteiger partial charge >= 0.3 is 5.97 Å². The zero-order valence-corrected chi connectivity index (χ0v) is 17.4. The van der Waals surface area contributed by atoms with Gasteiger partial charge in [-0.2, -0.15) is 10.2 Å². The highest BCUT2D eigenvalue weighted by atomic mass is 35.5. The van der Waals surface area contributed by atoms with Crippen LogP contribution in [0, 0.1) is 0 Å². The van der Waals surface area contributed by atoms with E-state index in [2.05, 4.69) is 15.6 Å². The van der Waals surface area contributed by atoms with Crippen molar-refractivity contribution in [2.45, 2.75) is 6.92 Å². The highest BCUT2D eigenvalue weighted by molar-refractivity contribution is 6.42. The number of carboxylic acid groups (broad SMARTS) is 1. The summed E-state index contributed by atoms with van der Waals surface area (Å²) >= 11 is 12.0. The van der Waals surface area contributed by atoms with E-state index >= 15 is 0 Å². The molecule has 0 bridgehead atoms. The van der Waals surface area contributed by atoms with Crippen LogP contribution in [0.3, 0.4) is 0 Å². The Morgan fingerprint density at radius 1 is 1.07 bits per heavy atom. The summed E-state index contributed by atoms with van der Waals surface area (Å²) in [7, 11) is 1.65. The van der Waals surface area contributed by atoms with Crippen molar-refractivity contribution in [2.75, 3.05) is 0 Å². The fourth-order valence-electron chi connectivity index (χ4n) is 2.74. The van der Waals surface area contributed by atoms with E-state index in [1.54, 1.807) is 32.2 Å². The maximum Gasteiger partial charge on any atom is 0.335 e. The van der Waals surface area contributed by atoms with Gasteiger partial charge in [-0.05, 0) is 43.3 Å². The molecule has 0 unspecified atom stereocenters. The van der Waals surface area contributed by atoms with E-state index in [1.807, 2.05) is 0 Å². The first-order chi connectivity index (χ1) is 14.2. The lowest BCUT2D eigenvalue weighted by atomic mass is 10.1. The van der Waals surface area contributed by atoms with Gasteiger partial charge in [0.15, 0.2) is 11.4 Å². The van der Waals surface area contributed by atoms with Crippen LogP contribution in [-0.4, -0.2) is 37.6 Å². The number of amides is 1. The van der Waals surface area contributed by atoms with E-state index in [1.165, 1.54) is 28.9 Å². The Labute approximate surface area is 181 Å². The van der Waals surface area contributed by atoms with Crippen LogP contribution in [-0.2, 0) is 7.05 Å². The number of nitrogens with one attached hydrogen (secondary N) is 1. The summed E-state index contributed by atoms with van der Waals surface area (Å²) in [5.74, 6) is -1.75. The Morgan fingerprint density at radius 3 is 2.30 bits per heavy atom. The minimum absolute atomic E-state index is 0.0690. The van der Waals surface area contributed by atoms with Crippen LogP contribution in [0.25, 0.3) is 11.3 Å². The SMILES string of the molecule is CC(=NNC(=O)c1ccc(C(=O)O)cc1)c1nn(C)c(-c2ccc(Cl)c(Cl)c2)c1O. The summed E-state index contributed by atoms with van der Waals surface area (Å²) in [5.41, 5.74) is 4.13. The van der Waals surface area contributed by atoms with E-state index in [0.717, 1.165) is 0 Å². The number of hydrogen-bond acceptors (Lipinski definition) is 5. The number of carbonyl (C=O) groups is 2. The van der Waals surface area contributed by atoms with Crippen molar-refractivity contribution in [1.82, 2.24) is 15.2 Å². The van der Waals surface area contributed by atoms with Crippen LogP contribution < -0.4 is 5.43 Å². The van der Waals surface area contributed by atoms with Gasteiger partial charge in [-0.25, -0.2) is 10.2 Å². The first-order valence-electron chi connectivity index (χ1n) is 8.58. The second-order valence-electron chi connectivity index (χ2n) is 6.32. The number of carboxylic acids is 1. The third-order valence-electron chi connectivity index (χ3n) is 4.28. The van der Waals surface area contributed by atoms with Crippen LogP contribution in [0.15, 0.2) is 47.6 Å². The van der Waals surface area contributed by atoms with Gasteiger partial charge in [0.05, 0.1) is 21.3 Å². The summed E-state index contributed by atoms with van der Waals surface area (Å²) in [6.45, 7) is 1.58. The average Bonchev–Trinajstić information content (AvgIpc) is 3.02. The number of carbonyl (C=O) groups excluding carboxylic acids is 1. The lowest BCUT2D eigenvalue weighted by molar-refractivity contribution is 0.0696. The summed E-state index contributed by atoms with van der Waals surface area (Å²) in [4.78, 5) is 23.1. The summed E-state index contributed by atoms with van der Waals surface area (Å²) in [6.07, 6.45) is 0. The van der Waals surface area contributed by atoms with Gasteiger partial charge in [-0.1, -0.05) is 29.3 Å². The Balaban J connectivity index is 1.83. The first kappa shape index (κ1) is 21.4. The van der Waals surface area contributed by atoms with Crippen molar-refractivity contribution in [3.63, 3.8) is 0 Å². The molecule has 0 atom stereocenters. The number of halogens is 2. The van der Waals surface area contributed by atoms with Crippen molar-refractivity contribution in [3.05, 3.63) is 69.3 Å². The minimum Gasteiger partial charge on any atom is -0.504 e. The lowest BCUT2D eigenvalue weighted by Crippen LogP contribution is -2.19. The second kappa shape index (κ2) is 8.56. The molecule has 0 saturated heterocycles. The molecule has 2 aromatic carbocycles. The van der Waals surface area contributed by atoms with Gasteiger partial charge < -0.3 is 10.2 Å². The molecule has 1 amide bonds. The van der Waals surface area contributed by atoms with Crippen LogP contribution in [0.4, 0.5) is 0 Å². The normalized spacial score (nSPS) is 11.4. The highest BCUT2D eigenvalue weighted by Gasteiger charge is 2.20. The molecule has 0 aliphatic carbocycles. The standard InChI is InChI=1S/C20H16Cl2N4O4/c1-10(23-24-19(28)11-3-5-12(6-4-11)20(29)30)16-18(27)17(26(2)25-16)13-7-8-14(21)15(22)9-13/h3-9,27H,1-2H3,(H,24,28)(H,29,30). The predicted molar refractivity (Wildman–Crippen MR) is 113 cm³/mol. The molecule has 1 heterocycles. The Morgan fingerprint density at radius 2 is 1.70 bits per heavy atom. The Hall–Kier alpha value is -3.36. The van der Waals surface area contributed by atoms with Crippen LogP contribution in [0.2, 0.25) is 10.0 Å². The van der Waals surface area contributed by atoms with E-state index in [-0.39, 0.29) is 28.3 Å². The monoisotopic (exact) mass is 446 g/mol. The molecule has 154 valence electrons. The van der Waals surface area contributed by atoms with Gasteiger partial charge in [0.25, 0.3) is 5.91 Å². The van der Waals surface area contributed by atoms with Crippen LogP contribution in [0.1, 0.15) is 33.3 Å². The third-order valence-corrected chi connectivity index (χ3v) is 5.02. The lowest BCUT2D eigenvalue weighted by Gasteiger charge is -2.04. The van der Waals surface area contributed by atoms with E-state index in [9.17, 15) is 14.7 Å². The number of hydrogen-bond donors (Lipinski definition) is 3. The molecule has 0 radical (unpaired) electrons. The van der Waals surface area contributed by atoms with Crippen molar-refractivity contribution >= 4 is 40.8 Å². The molecule has 0 aliphatic rings. The maximum absolute atomic E-state index is 12.2. The predicted octanol–water partition coefficient (Wildman–Crippen LogP) is 3.95. The van der Waals surface area contributed by atoms with Gasteiger partial charge in [-0.3, -0.25) is 9.48 Å². The number of aromatic nitrogens is 2. The zero-order chi connectivity index (χ0) is 22.0. The minimum atomic E-state index is -1.08. The topological polar surface area (TPSA) is 117 Å². The summed E-state index contributed by atoms with van der Waals surface area (Å²) in [6, 6.07) is 10.3. The van der Waals surface area contributed by atoms with E-state index in [0.29, 0.717) is 21.3 Å². The second-order valence-corrected chi connectivity index (χ2v) is 7.13. The molecule has 30 heavy (non-hydrogen) atoms. The smallest absolute Gasteiger partial charge is 0.335 e. The van der Waals surface area contributed by atoms with Crippen molar-refractivity contribution < 1.29 is 19.8 Å². The molecule has 10 heteroatoms. The number of rotatable bonds is 5. The molecule has 1 aromatic heterocycles. The van der Waals surface area contributed by atoms with Gasteiger partial charge in [0.1, 0.15) is 5.69 Å². The molecule has 3 rings (SSSR count). The van der Waals surface area contributed by atoms with Gasteiger partial charge in [0, 0.05) is 18.2 Å². The number of hydrazone groups is 1. The summed E-state index contributed by atoms with van der Waals surface area (Å²) in [5, 5.41) is 28.5. The maximum atomic E-state index is 12.2. The van der Waals surface area contributed by atoms with E-state index < -0.39 is 11.9 Å². The number of aromatic carboxylic acids is 1. The molecule has 3 aromatic rings. The van der Waals surface area contributed by atoms with Gasteiger partial charge in [-0.15, -0.1) is 0 Å². The molecule has 0 fully saturated rings. The summed E-state index contributed by atoms with van der Waals surface area (Å²) < 4.78 is 1.47. The fourth-order valence-corrected chi connectivity index (χ4v) is 3.04. The number of aryl methyl sites for hydroxylation is 1. The first-order valence-corrected chi connectivity index (χ1v) is 9.34. The van der Waals surface area contributed by atoms with Crippen molar-refractivity contribution in [1.29, 1.82) is 0 Å². The number of aromatic hydroxyl groups is 1. The zero-order valence-electron chi connectivity index (χ0n) is 15.8. The molecule has 0 saturated carbocycles. The molecule has 8 nitrogen and oxygen atoms in total. The van der Waals surface area contributed by atoms with Crippen molar-refractivity contribution in [3.8, 4) is 17.0 Å². The van der Waals surface area contributed by atoms with Crippen LogP contribution in [0.5, 0.6) is 5.75 Å². The van der Waals surface area contributed by atoms with Crippen molar-refractivity contribution in [2.24, 2.45) is 12.1 Å². The molecular formula is C20H16Cl2N4O4. The average molecular weight is 447 g/mol. The largest absolute Gasteiger partial charge is 0.504 e. The quantitative estimate of drug-likeness (QED) is 0.405. The fraction of sp³-hybridized carbons (Fsp3) is 0.100. The Bertz CT molecular complexity index is 1170. The third kappa shape index (κ3) is 4.29. The highest BCUT2D eigenvalue weighted by Crippen LogP contribution is 2.35. The molecule has 0 spiro atoms. The molecular weight excluding hydrogens is 431 g/mol. The van der Waals surface area contributed by atoms with Gasteiger partial charge in [0.2, 0.25) is 0 Å². The van der Waals surface area contributed by atoms with E-state index in [4.69, 9.17) is 28.3 Å². The number of benzene rings is 2. The number of nitrogens with zero attached hydrogens (tertiary/aromatic N) is 3. The molecule has 0 aliphatic heterocycles. The molecule has 3 N–H and O–H groups in total. The Kier molecular flexibility index (Phi) is 6.09.